The highest BCUT2D eigenvalue weighted by molar-refractivity contribution is 8.01. The van der Waals surface area contributed by atoms with E-state index < -0.39 is 0 Å². The molecule has 0 saturated carbocycles. The second-order valence-electron chi connectivity index (χ2n) is 3.74. The van der Waals surface area contributed by atoms with Crippen molar-refractivity contribution in [1.29, 1.82) is 0 Å². The van der Waals surface area contributed by atoms with Crippen molar-refractivity contribution < 1.29 is 14.6 Å². The lowest BCUT2D eigenvalue weighted by Gasteiger charge is -2.31. The number of morpholine rings is 1. The number of carbonyl (C=O) groups is 1. The second kappa shape index (κ2) is 6.39. The summed E-state index contributed by atoms with van der Waals surface area (Å²) in [5.41, 5.74) is 0. The van der Waals surface area contributed by atoms with Crippen LogP contribution in [0.2, 0.25) is 0 Å². The lowest BCUT2D eigenvalue weighted by Crippen LogP contribution is -2.47. The maximum atomic E-state index is 11.9. The van der Waals surface area contributed by atoms with Gasteiger partial charge in [0.05, 0.1) is 29.3 Å². The number of hydrogen-bond acceptors (Lipinski definition) is 5. The normalized spacial score (nSPS) is 20.5. The van der Waals surface area contributed by atoms with Gasteiger partial charge in [0.25, 0.3) is 0 Å². The van der Waals surface area contributed by atoms with E-state index in [0.717, 1.165) is 4.21 Å². The van der Waals surface area contributed by atoms with Gasteiger partial charge in [0.2, 0.25) is 5.91 Å². The van der Waals surface area contributed by atoms with E-state index in [4.69, 9.17) is 9.84 Å². The number of rotatable bonds is 4. The summed E-state index contributed by atoms with van der Waals surface area (Å²) in [6, 6.07) is 3.99. The number of hydrogen-bond donors (Lipinski definition) is 1. The fourth-order valence-electron chi connectivity index (χ4n) is 1.63. The minimum Gasteiger partial charge on any atom is -0.394 e. The molecule has 1 aromatic heterocycles. The molecule has 1 fully saturated rings. The molecule has 0 bridgehead atoms. The Morgan fingerprint density at radius 2 is 2.59 bits per heavy atom. The molecule has 0 aromatic carbocycles. The first-order valence-corrected chi connectivity index (χ1v) is 7.32. The minimum atomic E-state index is -0.223. The average molecular weight is 273 g/mol. The summed E-state index contributed by atoms with van der Waals surface area (Å²) in [5, 5.41) is 11.0. The topological polar surface area (TPSA) is 49.8 Å². The van der Waals surface area contributed by atoms with Crippen molar-refractivity contribution in [1.82, 2.24) is 4.90 Å². The molecule has 1 aliphatic heterocycles. The van der Waals surface area contributed by atoms with Gasteiger partial charge in [0.15, 0.2) is 0 Å². The van der Waals surface area contributed by atoms with E-state index in [1.54, 1.807) is 28.0 Å². The first-order chi connectivity index (χ1) is 8.29. The Balaban J connectivity index is 1.79. The summed E-state index contributed by atoms with van der Waals surface area (Å²) in [7, 11) is 0. The van der Waals surface area contributed by atoms with Crippen molar-refractivity contribution in [2.75, 3.05) is 32.1 Å². The number of aliphatic hydroxyl groups excluding tert-OH is 1. The molecule has 1 N–H and O–H groups in total. The third kappa shape index (κ3) is 3.70. The Morgan fingerprint density at radius 3 is 3.29 bits per heavy atom. The number of nitrogens with zero attached hydrogens (tertiary/aromatic N) is 1. The molecule has 1 aromatic rings. The Bertz CT molecular complexity index is 356. The lowest BCUT2D eigenvalue weighted by atomic mass is 10.3. The van der Waals surface area contributed by atoms with Crippen LogP contribution >= 0.6 is 23.1 Å². The molecule has 1 saturated heterocycles. The molecular weight excluding hydrogens is 258 g/mol. The summed E-state index contributed by atoms with van der Waals surface area (Å²) in [6.45, 7) is 1.61. The van der Waals surface area contributed by atoms with Crippen LogP contribution in [0.5, 0.6) is 0 Å². The minimum absolute atomic E-state index is 0.0259. The maximum Gasteiger partial charge on any atom is 0.233 e. The van der Waals surface area contributed by atoms with Gasteiger partial charge < -0.3 is 14.7 Å². The van der Waals surface area contributed by atoms with Gasteiger partial charge in [-0.05, 0) is 11.4 Å². The number of carbonyl (C=O) groups excluding carboxylic acids is 1. The van der Waals surface area contributed by atoms with Crippen molar-refractivity contribution >= 4 is 29.0 Å². The van der Waals surface area contributed by atoms with Crippen LogP contribution in [-0.4, -0.2) is 54.1 Å². The van der Waals surface area contributed by atoms with Crippen LogP contribution in [0.25, 0.3) is 0 Å². The molecule has 94 valence electrons. The Labute approximate surface area is 109 Å². The van der Waals surface area contributed by atoms with E-state index >= 15 is 0 Å². The van der Waals surface area contributed by atoms with Gasteiger partial charge in [0.1, 0.15) is 0 Å². The molecule has 1 unspecified atom stereocenters. The van der Waals surface area contributed by atoms with E-state index in [1.165, 1.54) is 0 Å². The van der Waals surface area contributed by atoms with Gasteiger partial charge >= 0.3 is 0 Å². The molecule has 1 amide bonds. The largest absolute Gasteiger partial charge is 0.394 e. The van der Waals surface area contributed by atoms with Gasteiger partial charge in [-0.15, -0.1) is 23.1 Å². The van der Waals surface area contributed by atoms with E-state index in [9.17, 15) is 4.79 Å². The molecule has 0 aliphatic carbocycles. The van der Waals surface area contributed by atoms with E-state index in [0.29, 0.717) is 25.4 Å². The predicted molar refractivity (Wildman–Crippen MR) is 68.4 cm³/mol. The molecule has 17 heavy (non-hydrogen) atoms. The molecular formula is C11H15NO3S2. The van der Waals surface area contributed by atoms with Gasteiger partial charge in [-0.2, -0.15) is 0 Å². The van der Waals surface area contributed by atoms with Gasteiger partial charge in [-0.25, -0.2) is 0 Å². The van der Waals surface area contributed by atoms with E-state index in [2.05, 4.69) is 0 Å². The van der Waals surface area contributed by atoms with Crippen molar-refractivity contribution in [3.63, 3.8) is 0 Å². The van der Waals surface area contributed by atoms with Gasteiger partial charge in [0, 0.05) is 13.1 Å². The zero-order chi connectivity index (χ0) is 12.1. The highest BCUT2D eigenvalue weighted by atomic mass is 32.2. The molecule has 2 heterocycles. The zero-order valence-electron chi connectivity index (χ0n) is 9.37. The van der Waals surface area contributed by atoms with Crippen molar-refractivity contribution in [3.05, 3.63) is 17.5 Å². The molecule has 6 heteroatoms. The number of thiophene rings is 1. The summed E-state index contributed by atoms with van der Waals surface area (Å²) in [4.78, 5) is 13.7. The highest BCUT2D eigenvalue weighted by Crippen LogP contribution is 2.23. The first kappa shape index (κ1) is 12.9. The Hall–Kier alpha value is -0.560. The molecule has 2 rings (SSSR count). The third-order valence-corrected chi connectivity index (χ3v) is 4.64. The number of amides is 1. The summed E-state index contributed by atoms with van der Waals surface area (Å²) in [6.07, 6.45) is -0.223. The van der Waals surface area contributed by atoms with Crippen molar-refractivity contribution in [2.24, 2.45) is 0 Å². The summed E-state index contributed by atoms with van der Waals surface area (Å²) < 4.78 is 6.47. The van der Waals surface area contributed by atoms with Crippen molar-refractivity contribution in [3.8, 4) is 0 Å². The Morgan fingerprint density at radius 1 is 1.71 bits per heavy atom. The van der Waals surface area contributed by atoms with Crippen LogP contribution in [0.1, 0.15) is 0 Å². The van der Waals surface area contributed by atoms with Crippen molar-refractivity contribution in [2.45, 2.75) is 10.3 Å². The average Bonchev–Trinajstić information content (AvgIpc) is 2.89. The highest BCUT2D eigenvalue weighted by Gasteiger charge is 2.23. The van der Waals surface area contributed by atoms with Gasteiger partial charge in [-0.3, -0.25) is 4.79 Å². The molecule has 1 atom stereocenters. The fourth-order valence-corrected chi connectivity index (χ4v) is 3.31. The smallest absolute Gasteiger partial charge is 0.233 e. The van der Waals surface area contributed by atoms with Gasteiger partial charge in [-0.1, -0.05) is 6.07 Å². The summed E-state index contributed by atoms with van der Waals surface area (Å²) in [5.74, 6) is 0.573. The first-order valence-electron chi connectivity index (χ1n) is 5.46. The zero-order valence-corrected chi connectivity index (χ0v) is 11.0. The number of ether oxygens (including phenoxy) is 1. The fraction of sp³-hybridized carbons (Fsp3) is 0.545. The molecule has 4 nitrogen and oxygen atoms in total. The quantitative estimate of drug-likeness (QED) is 0.834. The SMILES string of the molecule is O=C(CSc1cccs1)N1CCOC(CO)C1. The van der Waals surface area contributed by atoms with Crippen LogP contribution in [0.3, 0.4) is 0 Å². The standard InChI is InChI=1S/C11H15NO3S2/c13-7-9-6-12(3-4-15-9)10(14)8-17-11-2-1-5-16-11/h1-2,5,9,13H,3-4,6-8H2. The Kier molecular flexibility index (Phi) is 4.85. The van der Waals surface area contributed by atoms with Crippen LogP contribution in [-0.2, 0) is 9.53 Å². The third-order valence-electron chi connectivity index (χ3n) is 2.53. The molecule has 1 aliphatic rings. The lowest BCUT2D eigenvalue weighted by molar-refractivity contribution is -0.137. The number of aliphatic hydroxyl groups is 1. The van der Waals surface area contributed by atoms with Crippen LogP contribution in [0.4, 0.5) is 0 Å². The monoisotopic (exact) mass is 273 g/mol. The predicted octanol–water partition coefficient (Wildman–Crippen LogP) is 1.06. The van der Waals surface area contributed by atoms with E-state index in [1.807, 2.05) is 17.5 Å². The maximum absolute atomic E-state index is 11.9. The second-order valence-corrected chi connectivity index (χ2v) is 5.96. The van der Waals surface area contributed by atoms with Crippen LogP contribution in [0, 0.1) is 0 Å². The summed E-state index contributed by atoms with van der Waals surface area (Å²) >= 11 is 3.21. The van der Waals surface area contributed by atoms with Crippen LogP contribution < -0.4 is 0 Å². The molecule has 0 spiro atoms. The van der Waals surface area contributed by atoms with E-state index in [-0.39, 0.29) is 18.6 Å². The van der Waals surface area contributed by atoms with Crippen LogP contribution in [0.15, 0.2) is 21.7 Å². The number of thioether (sulfide) groups is 1. The molecule has 0 radical (unpaired) electrons.